The third-order valence-corrected chi connectivity index (χ3v) is 7.20. The minimum absolute atomic E-state index is 0.250. The Labute approximate surface area is 204 Å². The molecule has 0 saturated carbocycles. The summed E-state index contributed by atoms with van der Waals surface area (Å²) in [6.45, 7) is 0.682. The van der Waals surface area contributed by atoms with Gasteiger partial charge in [-0.15, -0.1) is 0 Å². The molecule has 0 unspecified atom stereocenters. The van der Waals surface area contributed by atoms with E-state index < -0.39 is 75.9 Å². The van der Waals surface area contributed by atoms with Gasteiger partial charge < -0.3 is 18.4 Å². The maximum atomic E-state index is 14.6. The Balaban J connectivity index is 0. The minimum atomic E-state index is -8.70. The van der Waals surface area contributed by atoms with Crippen LogP contribution in [-0.2, 0) is 13.3 Å². The third-order valence-electron chi connectivity index (χ3n) is 4.11. The minimum Gasteiger partial charge on any atom is -0.397 e. The molecule has 0 saturated heterocycles. The van der Waals surface area contributed by atoms with Crippen molar-refractivity contribution in [3.63, 3.8) is 0 Å². The molecule has 22 heteroatoms. The second-order valence-corrected chi connectivity index (χ2v) is 9.30. The van der Waals surface area contributed by atoms with Crippen molar-refractivity contribution in [1.82, 2.24) is 0 Å². The fourth-order valence-corrected chi connectivity index (χ4v) is 4.80. The second-order valence-electron chi connectivity index (χ2n) is 6.69. The molecule has 0 amide bonds. The molecular formula is C16H21F17O4Si. The monoisotopic (exact) mass is 628 g/mol. The van der Waals surface area contributed by atoms with Gasteiger partial charge in [0.2, 0.25) is 0 Å². The summed E-state index contributed by atoms with van der Waals surface area (Å²) in [6, 6.07) is 0. The predicted molar refractivity (Wildman–Crippen MR) is 94.1 cm³/mol. The highest BCUT2D eigenvalue weighted by atomic mass is 28.4. The summed E-state index contributed by atoms with van der Waals surface area (Å²) in [5.41, 5.74) is -6.87. The first-order chi connectivity index (χ1) is 16.6. The maximum Gasteiger partial charge on any atom is 0.582 e. The number of aliphatic hydroxyl groups is 1. The first kappa shape index (κ1) is 39.0. The van der Waals surface area contributed by atoms with Gasteiger partial charge in [0.25, 0.3) is 0 Å². The molecule has 0 aromatic rings. The van der Waals surface area contributed by atoms with E-state index in [0.29, 0.717) is 0 Å². The predicted octanol–water partition coefficient (Wildman–Crippen LogP) is 6.58. The lowest BCUT2D eigenvalue weighted by Gasteiger charge is -2.45. The Bertz CT molecular complexity index is 697. The van der Waals surface area contributed by atoms with Crippen LogP contribution in [0, 0.1) is 0 Å². The molecule has 38 heavy (non-hydrogen) atoms. The Hall–Kier alpha value is -1.13. The van der Waals surface area contributed by atoms with Gasteiger partial charge in [-0.2, -0.15) is 74.6 Å². The van der Waals surface area contributed by atoms with Gasteiger partial charge in [-0.1, -0.05) is 0 Å². The van der Waals surface area contributed by atoms with Crippen molar-refractivity contribution in [2.24, 2.45) is 0 Å². The van der Waals surface area contributed by atoms with Gasteiger partial charge in [0.15, 0.2) is 0 Å². The van der Waals surface area contributed by atoms with Gasteiger partial charge in [-0.25, -0.2) is 0 Å². The Morgan fingerprint density at radius 3 is 0.868 bits per heavy atom. The van der Waals surface area contributed by atoms with Crippen molar-refractivity contribution in [1.29, 1.82) is 0 Å². The van der Waals surface area contributed by atoms with Crippen LogP contribution in [-0.4, -0.2) is 87.6 Å². The molecule has 0 heterocycles. The average Bonchev–Trinajstić information content (AvgIpc) is 2.73. The van der Waals surface area contributed by atoms with Crippen molar-refractivity contribution in [3.05, 3.63) is 0 Å². The summed E-state index contributed by atoms with van der Waals surface area (Å²) in [4.78, 5) is 0. The van der Waals surface area contributed by atoms with Crippen LogP contribution in [0.1, 0.15) is 27.7 Å². The molecule has 0 radical (unpaired) electrons. The van der Waals surface area contributed by atoms with Crippen LogP contribution in [0.3, 0.4) is 0 Å². The van der Waals surface area contributed by atoms with E-state index in [1.165, 1.54) is 0 Å². The molecule has 0 bridgehead atoms. The highest BCUT2D eigenvalue weighted by Gasteiger charge is 2.97. The number of halogens is 17. The molecule has 0 spiro atoms. The fourth-order valence-electron chi connectivity index (χ4n) is 2.32. The van der Waals surface area contributed by atoms with Crippen LogP contribution in [0.25, 0.3) is 0 Å². The van der Waals surface area contributed by atoms with Crippen LogP contribution >= 0.6 is 0 Å². The molecule has 0 aromatic carbocycles. The van der Waals surface area contributed by atoms with E-state index in [4.69, 9.17) is 5.11 Å². The number of aliphatic hydroxyl groups excluding tert-OH is 1. The van der Waals surface area contributed by atoms with Crippen molar-refractivity contribution in [2.75, 3.05) is 26.4 Å². The van der Waals surface area contributed by atoms with E-state index in [-0.39, 0.29) is 6.61 Å². The number of hydrogen-bond donors (Lipinski definition) is 1. The summed E-state index contributed by atoms with van der Waals surface area (Å²) in [5.74, 6) is -50.5. The van der Waals surface area contributed by atoms with Crippen molar-refractivity contribution < 1.29 is 93.0 Å². The molecule has 0 aliphatic carbocycles. The zero-order chi connectivity index (χ0) is 31.4. The maximum absolute atomic E-state index is 14.6. The molecule has 4 nitrogen and oxygen atoms in total. The third kappa shape index (κ3) is 5.82. The first-order valence-corrected chi connectivity index (χ1v) is 11.6. The lowest BCUT2D eigenvalue weighted by Crippen LogP contribution is -2.78. The molecule has 0 aromatic heterocycles. The van der Waals surface area contributed by atoms with Gasteiger partial charge in [0, 0.05) is 26.4 Å². The van der Waals surface area contributed by atoms with Crippen LogP contribution in [0.4, 0.5) is 74.6 Å². The molecule has 0 fully saturated rings. The summed E-state index contributed by atoms with van der Waals surface area (Å²) in [5, 5.41) is 7.57. The lowest BCUT2D eigenvalue weighted by atomic mass is 9.91. The normalized spacial score (nSPS) is 15.3. The number of alkyl halides is 17. The smallest absolute Gasteiger partial charge is 0.397 e. The van der Waals surface area contributed by atoms with E-state index >= 15 is 0 Å². The standard InChI is InChI=1S/C14H15F17O3Si.C2H6O/c1-4-32-35(33-5-2,34-6-3)14(30,31)12(25,26)10(21,22)8(17,18)7(15,16)9(19,20)11(23,24)13(27,28)29;1-2-3/h4-6H2,1-3H3;3H,2H2,1H3. The lowest BCUT2D eigenvalue weighted by molar-refractivity contribution is -0.459. The van der Waals surface area contributed by atoms with Crippen molar-refractivity contribution in [3.8, 4) is 0 Å². The molecular weight excluding hydrogens is 607 g/mol. The molecule has 0 aliphatic rings. The van der Waals surface area contributed by atoms with E-state index in [2.05, 4.69) is 13.3 Å². The molecule has 0 atom stereocenters. The van der Waals surface area contributed by atoms with Crippen LogP contribution in [0.2, 0.25) is 0 Å². The Morgan fingerprint density at radius 1 is 0.447 bits per heavy atom. The van der Waals surface area contributed by atoms with Gasteiger partial charge in [0.1, 0.15) is 0 Å². The first-order valence-electron chi connectivity index (χ1n) is 9.84. The van der Waals surface area contributed by atoms with Crippen molar-refractivity contribution in [2.45, 2.75) is 75.0 Å². The SMILES string of the molecule is CCO.CCO[Si](OCC)(OCC)C(F)(F)C(F)(F)C(F)(F)C(F)(F)C(F)(F)C(F)(F)C(F)(F)C(F)(F)F. The number of rotatable bonds is 13. The van der Waals surface area contributed by atoms with E-state index in [0.717, 1.165) is 20.8 Å². The quantitative estimate of drug-likeness (QED) is 0.185. The largest absolute Gasteiger partial charge is 0.582 e. The summed E-state index contributed by atoms with van der Waals surface area (Å²) < 4.78 is 241. The van der Waals surface area contributed by atoms with E-state index in [9.17, 15) is 74.6 Å². The van der Waals surface area contributed by atoms with E-state index in [1.54, 1.807) is 6.92 Å². The van der Waals surface area contributed by atoms with Crippen molar-refractivity contribution >= 4 is 8.80 Å². The Morgan fingerprint density at radius 2 is 0.658 bits per heavy atom. The molecule has 0 aliphatic heterocycles. The highest BCUT2D eigenvalue weighted by molar-refractivity contribution is 6.63. The van der Waals surface area contributed by atoms with Crippen LogP contribution in [0.5, 0.6) is 0 Å². The molecule has 0 rings (SSSR count). The zero-order valence-electron chi connectivity index (χ0n) is 19.4. The van der Waals surface area contributed by atoms with Gasteiger partial charge in [-0.05, 0) is 27.7 Å². The topological polar surface area (TPSA) is 47.9 Å². The summed E-state index contributed by atoms with van der Waals surface area (Å²) in [7, 11) is -6.68. The number of hydrogen-bond acceptors (Lipinski definition) is 4. The van der Waals surface area contributed by atoms with Gasteiger partial charge in [-0.3, -0.25) is 0 Å². The van der Waals surface area contributed by atoms with E-state index in [1.807, 2.05) is 0 Å². The highest BCUT2D eigenvalue weighted by Crippen LogP contribution is 2.64. The van der Waals surface area contributed by atoms with Gasteiger partial charge in [0.05, 0.1) is 0 Å². The summed E-state index contributed by atoms with van der Waals surface area (Å²) in [6.07, 6.45) is -7.81. The second kappa shape index (κ2) is 12.2. The summed E-state index contributed by atoms with van der Waals surface area (Å²) >= 11 is 0. The molecule has 232 valence electrons. The van der Waals surface area contributed by atoms with Crippen LogP contribution in [0.15, 0.2) is 0 Å². The fraction of sp³-hybridized carbons (Fsp3) is 1.00. The molecule has 1 N–H and O–H groups in total. The van der Waals surface area contributed by atoms with Gasteiger partial charge >= 0.3 is 56.1 Å². The average molecular weight is 628 g/mol. The Kier molecular flexibility index (Phi) is 12.5. The van der Waals surface area contributed by atoms with Crippen LogP contribution < -0.4 is 0 Å². The zero-order valence-corrected chi connectivity index (χ0v) is 20.4.